The maximum absolute atomic E-state index is 3.99. The number of aromatic amines is 1. The Labute approximate surface area is 102 Å². The third-order valence-corrected chi connectivity index (χ3v) is 2.64. The number of nitrogens with one attached hydrogen (secondary N) is 1. The average molecular weight is 232 g/mol. The summed E-state index contributed by atoms with van der Waals surface area (Å²) in [7, 11) is 0. The van der Waals surface area contributed by atoms with Crippen LogP contribution in [0.25, 0.3) is 0 Å². The van der Waals surface area contributed by atoms with Crippen LogP contribution in [0, 0.1) is 0 Å². The Balaban J connectivity index is 0.000000686. The third-order valence-electron chi connectivity index (χ3n) is 2.64. The molecule has 0 bridgehead atoms. The molecule has 1 heterocycles. The normalized spacial score (nSPS) is 11.5. The molecule has 17 heavy (non-hydrogen) atoms. The molecule has 0 saturated carbocycles. The fourth-order valence-corrected chi connectivity index (χ4v) is 1.54. The van der Waals surface area contributed by atoms with Crippen molar-refractivity contribution in [2.24, 2.45) is 0 Å². The van der Waals surface area contributed by atoms with E-state index >= 15 is 0 Å². The molecule has 2 aromatic rings. The highest BCUT2D eigenvalue weighted by Gasteiger charge is 2.12. The standard InChI is InChI=1S/C11H14N4.C2H6/c1-3-9-4-6-10(7-5-9)8(2)11-12-14-15-13-11;1-2/h4-8H,3H2,1-2H3,(H,12,13,14,15);1-2H3. The Morgan fingerprint density at radius 1 is 1.18 bits per heavy atom. The SMILES string of the molecule is CC.CCc1ccc(C(C)c2nn[nH]n2)cc1. The molecule has 1 unspecified atom stereocenters. The molecule has 0 aliphatic heterocycles. The molecule has 1 aromatic heterocycles. The van der Waals surface area contributed by atoms with E-state index in [9.17, 15) is 0 Å². The van der Waals surface area contributed by atoms with Gasteiger partial charge in [0.15, 0.2) is 5.82 Å². The lowest BCUT2D eigenvalue weighted by atomic mass is 9.99. The number of nitrogens with zero attached hydrogens (tertiary/aromatic N) is 3. The van der Waals surface area contributed by atoms with Crippen molar-refractivity contribution in [1.82, 2.24) is 20.6 Å². The smallest absolute Gasteiger partial charge is 0.177 e. The quantitative estimate of drug-likeness (QED) is 0.885. The third kappa shape index (κ3) is 3.37. The maximum Gasteiger partial charge on any atom is 0.181 e. The van der Waals surface area contributed by atoms with Gasteiger partial charge in [0.25, 0.3) is 0 Å². The van der Waals surface area contributed by atoms with Gasteiger partial charge in [0.1, 0.15) is 0 Å². The van der Waals surface area contributed by atoms with E-state index in [1.165, 1.54) is 11.1 Å². The van der Waals surface area contributed by atoms with Gasteiger partial charge in [-0.3, -0.25) is 0 Å². The van der Waals surface area contributed by atoms with Crippen molar-refractivity contribution in [3.8, 4) is 0 Å². The molecule has 0 saturated heterocycles. The van der Waals surface area contributed by atoms with Crippen molar-refractivity contribution in [3.05, 3.63) is 41.2 Å². The summed E-state index contributed by atoms with van der Waals surface area (Å²) in [6.07, 6.45) is 1.07. The van der Waals surface area contributed by atoms with Crippen LogP contribution < -0.4 is 0 Å². The zero-order valence-electron chi connectivity index (χ0n) is 10.9. The lowest BCUT2D eigenvalue weighted by molar-refractivity contribution is 0.820. The molecule has 2 rings (SSSR count). The van der Waals surface area contributed by atoms with Crippen LogP contribution in [0.5, 0.6) is 0 Å². The van der Waals surface area contributed by atoms with Gasteiger partial charge in [-0.25, -0.2) is 0 Å². The van der Waals surface area contributed by atoms with E-state index in [0.717, 1.165) is 12.2 Å². The summed E-state index contributed by atoms with van der Waals surface area (Å²) in [6, 6.07) is 8.54. The van der Waals surface area contributed by atoms with Crippen LogP contribution in [0.15, 0.2) is 24.3 Å². The summed E-state index contributed by atoms with van der Waals surface area (Å²) in [5.41, 5.74) is 2.56. The van der Waals surface area contributed by atoms with Gasteiger partial charge in [-0.05, 0) is 17.5 Å². The van der Waals surface area contributed by atoms with Crippen molar-refractivity contribution in [1.29, 1.82) is 0 Å². The van der Waals surface area contributed by atoms with E-state index in [2.05, 4.69) is 58.7 Å². The first-order valence-electron chi connectivity index (χ1n) is 6.13. The molecule has 0 aliphatic rings. The van der Waals surface area contributed by atoms with E-state index in [1.807, 2.05) is 13.8 Å². The molecule has 0 radical (unpaired) electrons. The Kier molecular flexibility index (Phi) is 5.33. The zero-order chi connectivity index (χ0) is 12.7. The lowest BCUT2D eigenvalue weighted by Gasteiger charge is -2.07. The van der Waals surface area contributed by atoms with Crippen LogP contribution >= 0.6 is 0 Å². The number of benzene rings is 1. The summed E-state index contributed by atoms with van der Waals surface area (Å²) in [6.45, 7) is 8.23. The average Bonchev–Trinajstić information content (AvgIpc) is 2.94. The number of aromatic nitrogens is 4. The molecule has 0 fully saturated rings. The van der Waals surface area contributed by atoms with E-state index in [0.29, 0.717) is 0 Å². The van der Waals surface area contributed by atoms with Crippen molar-refractivity contribution >= 4 is 0 Å². The van der Waals surface area contributed by atoms with Crippen LogP contribution in [0.2, 0.25) is 0 Å². The van der Waals surface area contributed by atoms with Crippen LogP contribution in [-0.2, 0) is 6.42 Å². The minimum atomic E-state index is 0.189. The highest BCUT2D eigenvalue weighted by atomic mass is 15.5. The first-order valence-corrected chi connectivity index (χ1v) is 6.13. The summed E-state index contributed by atoms with van der Waals surface area (Å²) < 4.78 is 0. The number of rotatable bonds is 3. The number of tetrazole rings is 1. The van der Waals surface area contributed by atoms with Gasteiger partial charge in [-0.1, -0.05) is 57.2 Å². The van der Waals surface area contributed by atoms with Gasteiger partial charge in [0.05, 0.1) is 0 Å². The second-order valence-electron chi connectivity index (χ2n) is 3.59. The van der Waals surface area contributed by atoms with Crippen molar-refractivity contribution in [2.45, 2.75) is 40.0 Å². The van der Waals surface area contributed by atoms with Crippen LogP contribution in [0.4, 0.5) is 0 Å². The molecule has 0 aliphatic carbocycles. The Morgan fingerprint density at radius 3 is 2.29 bits per heavy atom. The van der Waals surface area contributed by atoms with Crippen molar-refractivity contribution in [3.63, 3.8) is 0 Å². The first kappa shape index (κ1) is 13.4. The molecule has 1 atom stereocenters. The molecule has 0 amide bonds. The second-order valence-corrected chi connectivity index (χ2v) is 3.59. The monoisotopic (exact) mass is 232 g/mol. The van der Waals surface area contributed by atoms with Crippen LogP contribution in [-0.4, -0.2) is 20.6 Å². The van der Waals surface area contributed by atoms with Gasteiger partial charge >= 0.3 is 0 Å². The predicted octanol–water partition coefficient (Wildman–Crippen LogP) is 2.94. The molecule has 0 spiro atoms. The van der Waals surface area contributed by atoms with Gasteiger partial charge < -0.3 is 0 Å². The molecule has 4 heteroatoms. The largest absolute Gasteiger partial charge is 0.181 e. The fraction of sp³-hybridized carbons (Fsp3) is 0.462. The minimum absolute atomic E-state index is 0.189. The molecule has 1 N–H and O–H groups in total. The fourth-order valence-electron chi connectivity index (χ4n) is 1.54. The summed E-state index contributed by atoms with van der Waals surface area (Å²) >= 11 is 0. The minimum Gasteiger partial charge on any atom is -0.177 e. The summed E-state index contributed by atoms with van der Waals surface area (Å²) in [5.74, 6) is 0.925. The predicted molar refractivity (Wildman–Crippen MR) is 68.9 cm³/mol. The highest BCUT2D eigenvalue weighted by Crippen LogP contribution is 2.20. The summed E-state index contributed by atoms with van der Waals surface area (Å²) in [4.78, 5) is 0. The number of hydrogen-bond acceptors (Lipinski definition) is 3. The molecule has 1 aromatic carbocycles. The second kappa shape index (κ2) is 6.78. The van der Waals surface area contributed by atoms with Crippen molar-refractivity contribution in [2.75, 3.05) is 0 Å². The Bertz CT molecular complexity index is 405. The first-order chi connectivity index (χ1) is 8.31. The number of hydrogen-bond donors (Lipinski definition) is 1. The van der Waals surface area contributed by atoms with E-state index in [4.69, 9.17) is 0 Å². The van der Waals surface area contributed by atoms with E-state index in [1.54, 1.807) is 0 Å². The maximum atomic E-state index is 3.99. The van der Waals surface area contributed by atoms with Gasteiger partial charge in [0, 0.05) is 5.92 Å². The summed E-state index contributed by atoms with van der Waals surface area (Å²) in [5, 5.41) is 14.0. The molecular weight excluding hydrogens is 212 g/mol. The highest BCUT2D eigenvalue weighted by molar-refractivity contribution is 5.28. The lowest BCUT2D eigenvalue weighted by Crippen LogP contribution is -1.98. The van der Waals surface area contributed by atoms with E-state index < -0.39 is 0 Å². The topological polar surface area (TPSA) is 54.5 Å². The Hall–Kier alpha value is -1.71. The van der Waals surface area contributed by atoms with Crippen molar-refractivity contribution < 1.29 is 0 Å². The Morgan fingerprint density at radius 2 is 1.82 bits per heavy atom. The van der Waals surface area contributed by atoms with Gasteiger partial charge in [-0.15, -0.1) is 10.2 Å². The zero-order valence-corrected chi connectivity index (χ0v) is 10.9. The van der Waals surface area contributed by atoms with Crippen LogP contribution in [0.3, 0.4) is 0 Å². The van der Waals surface area contributed by atoms with E-state index in [-0.39, 0.29) is 5.92 Å². The molecule has 92 valence electrons. The van der Waals surface area contributed by atoms with Crippen LogP contribution in [0.1, 0.15) is 50.6 Å². The van der Waals surface area contributed by atoms with Gasteiger partial charge in [0.2, 0.25) is 0 Å². The van der Waals surface area contributed by atoms with Gasteiger partial charge in [-0.2, -0.15) is 5.21 Å². The number of H-pyrrole nitrogens is 1. The molecular formula is C13H20N4. The number of aryl methyl sites for hydroxylation is 1. The molecule has 4 nitrogen and oxygen atoms in total.